The first kappa shape index (κ1) is 15.4. The van der Waals surface area contributed by atoms with Gasteiger partial charge in [-0.2, -0.15) is 0 Å². The molecule has 0 aliphatic carbocycles. The Hall–Kier alpha value is -2.04. The van der Waals surface area contributed by atoms with Crippen LogP contribution in [0.3, 0.4) is 0 Å². The number of carbonyl (C=O) groups excluding carboxylic acids is 2. The van der Waals surface area contributed by atoms with Crippen LogP contribution in [0.4, 0.5) is 4.79 Å². The van der Waals surface area contributed by atoms with Gasteiger partial charge in [-0.1, -0.05) is 17.7 Å². The first-order valence-corrected chi connectivity index (χ1v) is 7.42. The van der Waals surface area contributed by atoms with Crippen LogP contribution in [-0.4, -0.2) is 54.5 Å². The van der Waals surface area contributed by atoms with Gasteiger partial charge in [-0.3, -0.25) is 4.79 Å². The summed E-state index contributed by atoms with van der Waals surface area (Å²) in [6, 6.07) is 5.84. The normalized spacial score (nSPS) is 15.0. The molecule has 3 amide bonds. The van der Waals surface area contributed by atoms with Crippen LogP contribution in [0.1, 0.15) is 28.4 Å². The standard InChI is InChI=1S/C16H23N3O2/c1-4-17-16(21)19-9-7-18(8-10-19)15(20)14-6-5-12(2)11-13(14)3/h5-6,11H,4,7-10H2,1-3H3,(H,17,21). The Morgan fingerprint density at radius 3 is 2.29 bits per heavy atom. The fourth-order valence-corrected chi connectivity index (χ4v) is 2.60. The molecule has 114 valence electrons. The van der Waals surface area contributed by atoms with E-state index in [1.165, 1.54) is 0 Å². The van der Waals surface area contributed by atoms with Crippen LogP contribution in [-0.2, 0) is 0 Å². The Bertz CT molecular complexity index is 534. The number of hydrogen-bond acceptors (Lipinski definition) is 2. The predicted octanol–water partition coefficient (Wildman–Crippen LogP) is 1.79. The van der Waals surface area contributed by atoms with E-state index in [1.807, 2.05) is 43.9 Å². The number of rotatable bonds is 2. The van der Waals surface area contributed by atoms with Crippen molar-refractivity contribution in [3.63, 3.8) is 0 Å². The van der Waals surface area contributed by atoms with Crippen LogP contribution in [0.15, 0.2) is 18.2 Å². The quantitative estimate of drug-likeness (QED) is 0.902. The van der Waals surface area contributed by atoms with Gasteiger partial charge in [0, 0.05) is 38.3 Å². The molecule has 1 saturated heterocycles. The van der Waals surface area contributed by atoms with E-state index in [-0.39, 0.29) is 11.9 Å². The molecule has 0 saturated carbocycles. The third-order valence-electron chi connectivity index (χ3n) is 3.79. The van der Waals surface area contributed by atoms with E-state index in [0.29, 0.717) is 32.7 Å². The lowest BCUT2D eigenvalue weighted by molar-refractivity contribution is 0.0664. The minimum absolute atomic E-state index is 0.0453. The largest absolute Gasteiger partial charge is 0.338 e. The van der Waals surface area contributed by atoms with Crippen LogP contribution < -0.4 is 5.32 Å². The molecule has 1 aliphatic rings. The maximum atomic E-state index is 12.5. The molecule has 1 aromatic rings. The second-order valence-electron chi connectivity index (χ2n) is 5.43. The van der Waals surface area contributed by atoms with Crippen LogP contribution in [0.5, 0.6) is 0 Å². The molecular weight excluding hydrogens is 266 g/mol. The smallest absolute Gasteiger partial charge is 0.317 e. The molecule has 1 fully saturated rings. The van der Waals surface area contributed by atoms with E-state index >= 15 is 0 Å². The number of urea groups is 1. The molecule has 0 atom stereocenters. The van der Waals surface area contributed by atoms with Gasteiger partial charge < -0.3 is 15.1 Å². The number of amides is 3. The topological polar surface area (TPSA) is 52.7 Å². The Morgan fingerprint density at radius 2 is 1.71 bits per heavy atom. The van der Waals surface area contributed by atoms with Gasteiger partial charge in [0.05, 0.1) is 0 Å². The SMILES string of the molecule is CCNC(=O)N1CCN(C(=O)c2ccc(C)cc2C)CC1. The molecule has 2 rings (SSSR count). The highest BCUT2D eigenvalue weighted by Gasteiger charge is 2.25. The Labute approximate surface area is 125 Å². The maximum absolute atomic E-state index is 12.5. The van der Waals surface area contributed by atoms with E-state index in [2.05, 4.69) is 5.32 Å². The number of piperazine rings is 1. The van der Waals surface area contributed by atoms with E-state index in [4.69, 9.17) is 0 Å². The van der Waals surface area contributed by atoms with Gasteiger partial charge in [-0.15, -0.1) is 0 Å². The number of aryl methyl sites for hydroxylation is 2. The molecular formula is C16H23N3O2. The lowest BCUT2D eigenvalue weighted by atomic mass is 10.0. The number of benzene rings is 1. The summed E-state index contributed by atoms with van der Waals surface area (Å²) < 4.78 is 0. The van der Waals surface area contributed by atoms with Gasteiger partial charge in [-0.25, -0.2) is 4.79 Å². The van der Waals surface area contributed by atoms with Crippen molar-refractivity contribution in [2.45, 2.75) is 20.8 Å². The fourth-order valence-electron chi connectivity index (χ4n) is 2.60. The molecule has 0 unspecified atom stereocenters. The lowest BCUT2D eigenvalue weighted by Gasteiger charge is -2.35. The minimum Gasteiger partial charge on any atom is -0.338 e. The van der Waals surface area contributed by atoms with Crippen molar-refractivity contribution in [2.75, 3.05) is 32.7 Å². The lowest BCUT2D eigenvalue weighted by Crippen LogP contribution is -2.53. The van der Waals surface area contributed by atoms with Gasteiger partial charge in [0.2, 0.25) is 0 Å². The average molecular weight is 289 g/mol. The van der Waals surface area contributed by atoms with Gasteiger partial charge >= 0.3 is 6.03 Å². The Morgan fingerprint density at radius 1 is 1.10 bits per heavy atom. The zero-order valence-electron chi connectivity index (χ0n) is 13.0. The second kappa shape index (κ2) is 6.61. The third-order valence-corrected chi connectivity index (χ3v) is 3.79. The molecule has 0 spiro atoms. The third kappa shape index (κ3) is 3.54. The van der Waals surface area contributed by atoms with Gasteiger partial charge in [0.25, 0.3) is 5.91 Å². The fraction of sp³-hybridized carbons (Fsp3) is 0.500. The van der Waals surface area contributed by atoms with Crippen molar-refractivity contribution < 1.29 is 9.59 Å². The Kier molecular flexibility index (Phi) is 4.83. The molecule has 1 N–H and O–H groups in total. The highest BCUT2D eigenvalue weighted by molar-refractivity contribution is 5.95. The van der Waals surface area contributed by atoms with Gasteiger partial charge in [0.15, 0.2) is 0 Å². The van der Waals surface area contributed by atoms with Crippen molar-refractivity contribution in [3.8, 4) is 0 Å². The van der Waals surface area contributed by atoms with Crippen molar-refractivity contribution in [3.05, 3.63) is 34.9 Å². The minimum atomic E-state index is -0.0453. The molecule has 5 heteroatoms. The van der Waals surface area contributed by atoms with Crippen molar-refractivity contribution in [1.29, 1.82) is 0 Å². The number of nitrogens with zero attached hydrogens (tertiary/aromatic N) is 2. The number of nitrogens with one attached hydrogen (secondary N) is 1. The first-order chi connectivity index (χ1) is 10.0. The summed E-state index contributed by atoms with van der Waals surface area (Å²) in [7, 11) is 0. The van der Waals surface area contributed by atoms with Crippen molar-refractivity contribution in [2.24, 2.45) is 0 Å². The van der Waals surface area contributed by atoms with Crippen molar-refractivity contribution in [1.82, 2.24) is 15.1 Å². The summed E-state index contributed by atoms with van der Waals surface area (Å²) in [6.07, 6.45) is 0. The van der Waals surface area contributed by atoms with E-state index in [1.54, 1.807) is 4.90 Å². The molecule has 1 aliphatic heterocycles. The second-order valence-corrected chi connectivity index (χ2v) is 5.43. The summed E-state index contributed by atoms with van der Waals surface area (Å²) in [5, 5.41) is 2.79. The average Bonchev–Trinajstić information content (AvgIpc) is 2.47. The first-order valence-electron chi connectivity index (χ1n) is 7.42. The zero-order chi connectivity index (χ0) is 15.4. The maximum Gasteiger partial charge on any atom is 0.317 e. The van der Waals surface area contributed by atoms with Crippen LogP contribution in [0, 0.1) is 13.8 Å². The van der Waals surface area contributed by atoms with Crippen LogP contribution in [0.2, 0.25) is 0 Å². The summed E-state index contributed by atoms with van der Waals surface area (Å²) in [5.41, 5.74) is 2.92. The number of carbonyl (C=O) groups is 2. The van der Waals surface area contributed by atoms with Crippen molar-refractivity contribution >= 4 is 11.9 Å². The van der Waals surface area contributed by atoms with Crippen LogP contribution >= 0.6 is 0 Å². The van der Waals surface area contributed by atoms with E-state index in [9.17, 15) is 9.59 Å². The van der Waals surface area contributed by atoms with Crippen LogP contribution in [0.25, 0.3) is 0 Å². The molecule has 0 aromatic heterocycles. The summed E-state index contributed by atoms with van der Waals surface area (Å²) in [6.45, 7) is 8.85. The monoisotopic (exact) mass is 289 g/mol. The highest BCUT2D eigenvalue weighted by atomic mass is 16.2. The summed E-state index contributed by atoms with van der Waals surface area (Å²) in [4.78, 5) is 27.9. The molecule has 0 radical (unpaired) electrons. The van der Waals surface area contributed by atoms with Gasteiger partial charge in [-0.05, 0) is 32.4 Å². The van der Waals surface area contributed by atoms with Gasteiger partial charge in [0.1, 0.15) is 0 Å². The highest BCUT2D eigenvalue weighted by Crippen LogP contribution is 2.14. The zero-order valence-corrected chi connectivity index (χ0v) is 13.0. The van der Waals surface area contributed by atoms with E-state index in [0.717, 1.165) is 16.7 Å². The molecule has 21 heavy (non-hydrogen) atoms. The number of hydrogen-bond donors (Lipinski definition) is 1. The molecule has 1 heterocycles. The Balaban J connectivity index is 1.98. The molecule has 0 bridgehead atoms. The summed E-state index contributed by atoms with van der Waals surface area (Å²) >= 11 is 0. The molecule has 1 aromatic carbocycles. The van der Waals surface area contributed by atoms with E-state index < -0.39 is 0 Å². The predicted molar refractivity (Wildman–Crippen MR) is 82.5 cm³/mol. The summed E-state index contributed by atoms with van der Waals surface area (Å²) in [5.74, 6) is 0.0584. The molecule has 5 nitrogen and oxygen atoms in total.